The first-order chi connectivity index (χ1) is 14.8. The SMILES string of the molecule is C=BC1C(O)C2=C(C)C(C(C)OC(C)=O)CC2(C(C)(C)O)CC2C3COC3CC(O)C12C. The first kappa shape index (κ1) is 24.1. The van der Waals surface area contributed by atoms with Crippen molar-refractivity contribution in [3.8, 4) is 0 Å². The van der Waals surface area contributed by atoms with Gasteiger partial charge in [0.2, 0.25) is 0 Å². The van der Waals surface area contributed by atoms with Crippen molar-refractivity contribution in [3.63, 3.8) is 0 Å². The molecule has 0 aromatic rings. The van der Waals surface area contributed by atoms with Crippen LogP contribution in [0.5, 0.6) is 0 Å². The van der Waals surface area contributed by atoms with E-state index in [1.165, 1.54) is 6.92 Å². The second-order valence-corrected chi connectivity index (χ2v) is 11.5. The van der Waals surface area contributed by atoms with Gasteiger partial charge < -0.3 is 0 Å². The van der Waals surface area contributed by atoms with E-state index < -0.39 is 28.6 Å². The van der Waals surface area contributed by atoms with Crippen molar-refractivity contribution < 1.29 is 29.6 Å². The molecule has 0 aromatic carbocycles. The first-order valence-electron chi connectivity index (χ1n) is 12.0. The molecule has 2 saturated carbocycles. The Morgan fingerprint density at radius 2 is 2.00 bits per heavy atom. The summed E-state index contributed by atoms with van der Waals surface area (Å²) in [6.45, 7) is 17.5. The second-order valence-electron chi connectivity index (χ2n) is 11.5. The van der Waals surface area contributed by atoms with Crippen LogP contribution in [0.1, 0.15) is 60.8 Å². The monoisotopic (exact) mass is 446 g/mol. The van der Waals surface area contributed by atoms with Crippen LogP contribution in [0.3, 0.4) is 0 Å². The number of rotatable bonds is 4. The summed E-state index contributed by atoms with van der Waals surface area (Å²) < 4.78 is 11.4. The number of fused-ring (bicyclic) bond motifs is 4. The van der Waals surface area contributed by atoms with Gasteiger partial charge in [0, 0.05) is 0 Å². The molecule has 3 aliphatic carbocycles. The van der Waals surface area contributed by atoms with E-state index in [-0.39, 0.29) is 41.7 Å². The van der Waals surface area contributed by atoms with E-state index in [0.717, 1.165) is 11.1 Å². The van der Waals surface area contributed by atoms with Gasteiger partial charge in [0.15, 0.2) is 0 Å². The average molecular weight is 446 g/mol. The van der Waals surface area contributed by atoms with Gasteiger partial charge in [0.1, 0.15) is 0 Å². The van der Waals surface area contributed by atoms with Crippen LogP contribution in [-0.2, 0) is 14.3 Å². The van der Waals surface area contributed by atoms with E-state index >= 15 is 0 Å². The van der Waals surface area contributed by atoms with Gasteiger partial charge in [0.25, 0.3) is 0 Å². The fourth-order valence-electron chi connectivity index (χ4n) is 7.88. The maximum absolute atomic E-state index is 11.9. The fraction of sp³-hybridized carbons (Fsp3) is 0.840. The van der Waals surface area contributed by atoms with E-state index in [4.69, 9.17) is 9.47 Å². The normalized spacial score (nSPS) is 46.7. The van der Waals surface area contributed by atoms with Crippen LogP contribution < -0.4 is 0 Å². The summed E-state index contributed by atoms with van der Waals surface area (Å²) in [6.07, 6.45) is -0.0393. The molecule has 1 saturated heterocycles. The van der Waals surface area contributed by atoms with Gasteiger partial charge in [-0.3, -0.25) is 0 Å². The standard InChI is InChI=1S/C25H39BO6/c1-12-15(13(2)32-14(3)27)9-25(23(4,5)30)10-17-16-11-31-18(16)8-19(28)24(17,6)22(26-7)21(29)20(12)25/h13,15-19,21-22,28-30H,7-11H2,1-6H3. The Balaban J connectivity index is 1.90. The summed E-state index contributed by atoms with van der Waals surface area (Å²) in [4.78, 5) is 11.7. The molecule has 4 aliphatic rings. The third-order valence-corrected chi connectivity index (χ3v) is 9.80. The molecule has 4 rings (SSSR count). The Kier molecular flexibility index (Phi) is 5.85. The van der Waals surface area contributed by atoms with Crippen LogP contribution in [0, 0.1) is 28.6 Å². The third kappa shape index (κ3) is 3.14. The van der Waals surface area contributed by atoms with Gasteiger partial charge in [-0.15, -0.1) is 0 Å². The fourth-order valence-corrected chi connectivity index (χ4v) is 7.88. The third-order valence-electron chi connectivity index (χ3n) is 9.80. The number of ether oxygens (including phenoxy) is 2. The zero-order valence-corrected chi connectivity index (χ0v) is 20.3. The van der Waals surface area contributed by atoms with Gasteiger partial charge in [-0.2, -0.15) is 0 Å². The van der Waals surface area contributed by atoms with Crippen molar-refractivity contribution in [3.05, 3.63) is 11.1 Å². The van der Waals surface area contributed by atoms with Crippen LogP contribution in [0.25, 0.3) is 0 Å². The van der Waals surface area contributed by atoms with Crippen molar-refractivity contribution in [1.82, 2.24) is 0 Å². The predicted octanol–water partition coefficient (Wildman–Crippen LogP) is 2.12. The van der Waals surface area contributed by atoms with Crippen molar-refractivity contribution in [2.75, 3.05) is 6.61 Å². The van der Waals surface area contributed by atoms with Crippen molar-refractivity contribution in [2.45, 2.75) is 96.6 Å². The van der Waals surface area contributed by atoms with Gasteiger partial charge in [0.05, 0.1) is 0 Å². The molecule has 10 atom stereocenters. The zero-order valence-electron chi connectivity index (χ0n) is 20.3. The Bertz CT molecular complexity index is 833. The van der Waals surface area contributed by atoms with Crippen molar-refractivity contribution >= 4 is 19.4 Å². The average Bonchev–Trinajstić information content (AvgIpc) is 2.92. The molecular formula is C25H39BO6. The summed E-state index contributed by atoms with van der Waals surface area (Å²) >= 11 is 0. The van der Waals surface area contributed by atoms with Gasteiger partial charge in [-0.1, -0.05) is 0 Å². The quantitative estimate of drug-likeness (QED) is 0.348. The molecule has 1 heterocycles. The Hall–Kier alpha value is -1.02. The Labute approximate surface area is 192 Å². The minimum atomic E-state index is -1.12. The molecule has 0 spiro atoms. The molecule has 0 amide bonds. The Morgan fingerprint density at radius 1 is 1.34 bits per heavy atom. The number of aliphatic hydroxyl groups excluding tert-OH is 2. The van der Waals surface area contributed by atoms with Crippen LogP contribution in [0.4, 0.5) is 0 Å². The molecule has 1 aliphatic heterocycles. The summed E-state index contributed by atoms with van der Waals surface area (Å²) in [5.41, 5.74) is -0.554. The van der Waals surface area contributed by atoms with Gasteiger partial charge in [-0.25, -0.2) is 0 Å². The molecule has 7 heteroatoms. The van der Waals surface area contributed by atoms with E-state index in [1.54, 1.807) is 6.92 Å². The number of carbonyl (C=O) groups is 1. The molecule has 6 nitrogen and oxygen atoms in total. The van der Waals surface area contributed by atoms with Crippen LogP contribution in [0.15, 0.2) is 11.1 Å². The van der Waals surface area contributed by atoms with Crippen LogP contribution in [-0.4, -0.2) is 71.3 Å². The first-order valence-corrected chi connectivity index (χ1v) is 12.0. The van der Waals surface area contributed by atoms with Gasteiger partial charge >= 0.3 is 192 Å². The van der Waals surface area contributed by atoms with Crippen LogP contribution >= 0.6 is 0 Å². The molecule has 3 N–H and O–H groups in total. The number of hydrogen-bond acceptors (Lipinski definition) is 6. The minimum absolute atomic E-state index is 0.0216. The second kappa shape index (κ2) is 7.76. The number of esters is 1. The molecule has 0 bridgehead atoms. The van der Waals surface area contributed by atoms with E-state index in [1.807, 2.05) is 27.7 Å². The van der Waals surface area contributed by atoms with Gasteiger partial charge in [-0.05, 0) is 0 Å². The van der Waals surface area contributed by atoms with E-state index in [0.29, 0.717) is 25.9 Å². The zero-order chi connectivity index (χ0) is 23.8. The number of carbonyl (C=O) groups excluding carboxylic acids is 1. The number of aliphatic hydroxyl groups is 3. The molecule has 0 aromatic heterocycles. The van der Waals surface area contributed by atoms with E-state index in [2.05, 4.69) is 13.4 Å². The molecule has 178 valence electrons. The number of hydrogen-bond donors (Lipinski definition) is 3. The Morgan fingerprint density at radius 3 is 2.50 bits per heavy atom. The summed E-state index contributed by atoms with van der Waals surface area (Å²) in [6, 6.07) is 0. The molecule has 3 fully saturated rings. The predicted molar refractivity (Wildman–Crippen MR) is 123 cm³/mol. The summed E-state index contributed by atoms with van der Waals surface area (Å²) in [5.74, 6) is -0.446. The maximum atomic E-state index is 11.9. The molecule has 10 unspecified atom stereocenters. The summed E-state index contributed by atoms with van der Waals surface area (Å²) in [7, 11) is 0. The summed E-state index contributed by atoms with van der Waals surface area (Å²) in [5, 5.41) is 34.9. The van der Waals surface area contributed by atoms with Crippen LogP contribution in [0.2, 0.25) is 5.82 Å². The van der Waals surface area contributed by atoms with Crippen molar-refractivity contribution in [2.24, 2.45) is 28.6 Å². The molecule has 32 heavy (non-hydrogen) atoms. The van der Waals surface area contributed by atoms with Crippen molar-refractivity contribution in [1.29, 1.82) is 0 Å². The molecular weight excluding hydrogens is 407 g/mol. The van der Waals surface area contributed by atoms with E-state index in [9.17, 15) is 20.1 Å². The molecule has 0 radical (unpaired) electrons. The topological polar surface area (TPSA) is 96.2 Å².